The van der Waals surface area contributed by atoms with Crippen molar-refractivity contribution in [3.8, 4) is 33.4 Å². The van der Waals surface area contributed by atoms with E-state index in [1.807, 2.05) is 0 Å². The molecule has 5 atom stereocenters. The van der Waals surface area contributed by atoms with Crippen LogP contribution in [0.4, 0.5) is 17.1 Å². The molecule has 6 aromatic rings. The Balaban J connectivity index is 1.18. The predicted octanol–water partition coefficient (Wildman–Crippen LogP) is 12.8. The van der Waals surface area contributed by atoms with Gasteiger partial charge in [-0.05, 0) is 130 Å². The fourth-order valence-electron chi connectivity index (χ4n) is 10.2. The van der Waals surface area contributed by atoms with Gasteiger partial charge in [0.2, 0.25) is 0 Å². The molecule has 1 nitrogen and oxygen atoms in total. The Labute approximate surface area is 285 Å². The molecule has 1 heteroatoms. The minimum Gasteiger partial charge on any atom is -0.310 e. The van der Waals surface area contributed by atoms with Gasteiger partial charge in [-0.3, -0.25) is 0 Å². The quantitative estimate of drug-likeness (QED) is 0.185. The van der Waals surface area contributed by atoms with E-state index in [-0.39, 0.29) is 5.41 Å². The third-order valence-electron chi connectivity index (χ3n) is 12.0. The van der Waals surface area contributed by atoms with Gasteiger partial charge in [-0.1, -0.05) is 129 Å². The fourth-order valence-corrected chi connectivity index (χ4v) is 10.2. The van der Waals surface area contributed by atoms with E-state index in [4.69, 9.17) is 0 Å². The Morgan fingerprint density at radius 1 is 0.458 bits per heavy atom. The van der Waals surface area contributed by atoms with Crippen molar-refractivity contribution in [2.75, 3.05) is 4.90 Å². The van der Waals surface area contributed by atoms with E-state index in [0.717, 1.165) is 23.2 Å². The van der Waals surface area contributed by atoms with Crippen molar-refractivity contribution in [1.82, 2.24) is 0 Å². The lowest BCUT2D eigenvalue weighted by atomic mass is 9.49. The molecule has 2 fully saturated rings. The molecular weight excluding hydrogens is 579 g/mol. The van der Waals surface area contributed by atoms with Gasteiger partial charge in [-0.2, -0.15) is 0 Å². The molecule has 0 aliphatic heterocycles. The number of hydrogen-bond acceptors (Lipinski definition) is 1. The summed E-state index contributed by atoms with van der Waals surface area (Å²) in [6.07, 6.45) is 5.46. The molecule has 3 aliphatic carbocycles. The molecule has 0 amide bonds. The highest BCUT2D eigenvalue weighted by molar-refractivity contribution is 5.88. The number of fused-ring (bicyclic) bond motifs is 8. The topological polar surface area (TPSA) is 3.24 Å². The van der Waals surface area contributed by atoms with Crippen molar-refractivity contribution in [3.63, 3.8) is 0 Å². The summed E-state index contributed by atoms with van der Waals surface area (Å²) >= 11 is 0. The molecule has 48 heavy (non-hydrogen) atoms. The summed E-state index contributed by atoms with van der Waals surface area (Å²) in [6.45, 7) is 5.06. The first-order valence-corrected chi connectivity index (χ1v) is 17.9. The maximum Gasteiger partial charge on any atom is 0.0468 e. The fraction of sp³-hybridized carbons (Fsp3) is 0.234. The first kappa shape index (κ1) is 29.3. The zero-order chi connectivity index (χ0) is 32.2. The van der Waals surface area contributed by atoms with E-state index in [1.54, 1.807) is 11.1 Å². The van der Waals surface area contributed by atoms with Crippen LogP contribution in [0.25, 0.3) is 33.4 Å². The average molecular weight is 622 g/mol. The number of hydrogen-bond donors (Lipinski definition) is 0. The van der Waals surface area contributed by atoms with Gasteiger partial charge in [0.15, 0.2) is 0 Å². The largest absolute Gasteiger partial charge is 0.310 e. The van der Waals surface area contributed by atoms with Crippen LogP contribution in [0.5, 0.6) is 0 Å². The third kappa shape index (κ3) is 4.66. The van der Waals surface area contributed by atoms with E-state index in [9.17, 15) is 0 Å². The predicted molar refractivity (Wildman–Crippen MR) is 202 cm³/mol. The van der Waals surface area contributed by atoms with Crippen molar-refractivity contribution < 1.29 is 0 Å². The van der Waals surface area contributed by atoms with Crippen molar-refractivity contribution in [2.45, 2.75) is 44.9 Å². The SMILES string of the molecule is C[C@H]1C[C@@H]2C[C@H](C1)C1(c3ccccc3-c3cc(N(c4ccc(-c5ccccc5)cc4)c4ccc(-c5ccccc5)cc4)ccc31)[C@H](C)C2. The molecule has 236 valence electrons. The second-order valence-corrected chi connectivity index (χ2v) is 14.8. The highest BCUT2D eigenvalue weighted by Gasteiger charge is 2.56. The number of rotatable bonds is 5. The van der Waals surface area contributed by atoms with Crippen LogP contribution in [0.3, 0.4) is 0 Å². The normalized spacial score (nSPS) is 23.8. The van der Waals surface area contributed by atoms with E-state index in [0.29, 0.717) is 11.8 Å². The van der Waals surface area contributed by atoms with Gasteiger partial charge in [0.05, 0.1) is 0 Å². The summed E-state index contributed by atoms with van der Waals surface area (Å²) < 4.78 is 0. The lowest BCUT2D eigenvalue weighted by Gasteiger charge is -2.54. The van der Waals surface area contributed by atoms with E-state index in [2.05, 4.69) is 170 Å². The van der Waals surface area contributed by atoms with Crippen LogP contribution < -0.4 is 4.90 Å². The Bertz CT molecular complexity index is 1970. The van der Waals surface area contributed by atoms with Gasteiger partial charge in [0, 0.05) is 22.5 Å². The molecule has 0 heterocycles. The van der Waals surface area contributed by atoms with Gasteiger partial charge in [0.25, 0.3) is 0 Å². The Morgan fingerprint density at radius 3 is 1.60 bits per heavy atom. The van der Waals surface area contributed by atoms with Crippen molar-refractivity contribution in [2.24, 2.45) is 23.7 Å². The summed E-state index contributed by atoms with van der Waals surface area (Å²) in [5, 5.41) is 0. The first-order chi connectivity index (χ1) is 23.6. The third-order valence-corrected chi connectivity index (χ3v) is 12.0. The molecule has 6 aromatic carbocycles. The minimum absolute atomic E-state index is 0.106. The van der Waals surface area contributed by atoms with Gasteiger partial charge >= 0.3 is 0 Å². The Morgan fingerprint density at radius 2 is 0.979 bits per heavy atom. The lowest BCUT2D eigenvalue weighted by molar-refractivity contribution is 0.0426. The lowest BCUT2D eigenvalue weighted by Crippen LogP contribution is -2.49. The Kier molecular flexibility index (Phi) is 7.12. The smallest absolute Gasteiger partial charge is 0.0468 e. The maximum absolute atomic E-state index is 2.56. The first-order valence-electron chi connectivity index (χ1n) is 17.9. The van der Waals surface area contributed by atoms with Crippen LogP contribution in [0.1, 0.15) is 50.7 Å². The van der Waals surface area contributed by atoms with Crippen LogP contribution in [-0.2, 0) is 5.41 Å². The van der Waals surface area contributed by atoms with E-state index >= 15 is 0 Å². The van der Waals surface area contributed by atoms with Crippen LogP contribution in [-0.4, -0.2) is 0 Å². The van der Waals surface area contributed by atoms with Gasteiger partial charge in [-0.15, -0.1) is 0 Å². The van der Waals surface area contributed by atoms with Crippen LogP contribution in [0.2, 0.25) is 0 Å². The van der Waals surface area contributed by atoms with Crippen LogP contribution in [0.15, 0.2) is 152 Å². The highest BCUT2D eigenvalue weighted by Crippen LogP contribution is 2.64. The summed E-state index contributed by atoms with van der Waals surface area (Å²) in [5.74, 6) is 3.02. The maximum atomic E-state index is 2.56. The zero-order valence-corrected chi connectivity index (χ0v) is 28.0. The van der Waals surface area contributed by atoms with Crippen molar-refractivity contribution in [3.05, 3.63) is 163 Å². The summed E-state index contributed by atoms with van der Waals surface area (Å²) in [5.41, 5.74) is 14.6. The van der Waals surface area contributed by atoms with Crippen LogP contribution >= 0.6 is 0 Å². The molecule has 0 radical (unpaired) electrons. The second-order valence-electron chi connectivity index (χ2n) is 14.8. The molecule has 1 spiro atoms. The van der Waals surface area contributed by atoms with Crippen molar-refractivity contribution in [1.29, 1.82) is 0 Å². The highest BCUT2D eigenvalue weighted by atomic mass is 15.1. The standard InChI is InChI=1S/C47H43N/c1-32-27-34-29-33(2)47(39(28-32)30-34)45-16-10-9-15-43(45)44-31-42(25-26-46(44)47)48(40-21-17-37(18-22-40)35-11-5-3-6-12-35)41-23-19-38(20-24-41)36-13-7-4-8-14-36/h3-26,31-34,39H,27-30H2,1-2H3/t32-,33+,34-,39-,47?/m0/s1. The van der Waals surface area contributed by atoms with E-state index in [1.165, 1.54) is 64.8 Å². The number of benzene rings is 6. The molecule has 2 saturated carbocycles. The van der Waals surface area contributed by atoms with Crippen LogP contribution in [0, 0.1) is 23.7 Å². The number of nitrogens with zero attached hydrogens (tertiary/aromatic N) is 1. The minimum atomic E-state index is 0.106. The second kappa shape index (κ2) is 11.7. The molecule has 3 aliphatic rings. The van der Waals surface area contributed by atoms with Gasteiger partial charge in [-0.25, -0.2) is 0 Å². The average Bonchev–Trinajstić information content (AvgIpc) is 3.43. The monoisotopic (exact) mass is 621 g/mol. The molecular formula is C47H43N. The van der Waals surface area contributed by atoms with Crippen molar-refractivity contribution >= 4 is 17.1 Å². The van der Waals surface area contributed by atoms with Gasteiger partial charge < -0.3 is 4.90 Å². The zero-order valence-electron chi connectivity index (χ0n) is 28.0. The molecule has 9 rings (SSSR count). The molecule has 0 N–H and O–H groups in total. The molecule has 0 saturated heterocycles. The summed E-state index contributed by atoms with van der Waals surface area (Å²) in [6, 6.07) is 56.3. The number of anilines is 3. The van der Waals surface area contributed by atoms with Gasteiger partial charge in [0.1, 0.15) is 0 Å². The molecule has 0 aromatic heterocycles. The summed E-state index contributed by atoms with van der Waals surface area (Å²) in [7, 11) is 0. The summed E-state index contributed by atoms with van der Waals surface area (Å²) in [4.78, 5) is 2.44. The van der Waals surface area contributed by atoms with E-state index < -0.39 is 0 Å². The Hall–Kier alpha value is -4.88. The molecule has 1 unspecified atom stereocenters. The molecule has 2 bridgehead atoms.